The van der Waals surface area contributed by atoms with E-state index >= 15 is 0 Å². The molecule has 18 heavy (non-hydrogen) atoms. The largest absolute Gasteiger partial charge is 0.496 e. The Morgan fingerprint density at radius 2 is 1.83 bits per heavy atom. The topological polar surface area (TPSA) is 21.3 Å². The standard InChI is InChI=1S/C14H13Cl2NO/c1-18-14-6-5-12(16)7-10(14)9-17-13-4-2-3-11(15)8-13/h2-8,17H,9H2,1H3. The molecule has 0 aliphatic rings. The number of nitrogens with one attached hydrogen (secondary N) is 1. The molecule has 0 bridgehead atoms. The Kier molecular flexibility index (Phi) is 4.34. The minimum atomic E-state index is 0.629. The highest BCUT2D eigenvalue weighted by Crippen LogP contribution is 2.24. The van der Waals surface area contributed by atoms with Crippen molar-refractivity contribution in [1.82, 2.24) is 0 Å². The van der Waals surface area contributed by atoms with E-state index < -0.39 is 0 Å². The summed E-state index contributed by atoms with van der Waals surface area (Å²) in [6, 6.07) is 13.1. The first-order valence-corrected chi connectivity index (χ1v) is 6.26. The van der Waals surface area contributed by atoms with E-state index in [9.17, 15) is 0 Å². The molecule has 0 aliphatic carbocycles. The molecule has 0 spiro atoms. The number of hydrogen-bond donors (Lipinski definition) is 1. The molecule has 0 unspecified atom stereocenters. The van der Waals surface area contributed by atoms with E-state index in [1.54, 1.807) is 7.11 Å². The van der Waals surface area contributed by atoms with E-state index in [2.05, 4.69) is 5.32 Å². The van der Waals surface area contributed by atoms with Crippen molar-refractivity contribution >= 4 is 28.9 Å². The molecule has 4 heteroatoms. The Hall–Kier alpha value is -1.38. The van der Waals surface area contributed by atoms with Crippen molar-refractivity contribution in [2.24, 2.45) is 0 Å². The van der Waals surface area contributed by atoms with Crippen molar-refractivity contribution in [3.05, 3.63) is 58.1 Å². The van der Waals surface area contributed by atoms with Gasteiger partial charge >= 0.3 is 0 Å². The van der Waals surface area contributed by atoms with Crippen LogP contribution in [0, 0.1) is 0 Å². The van der Waals surface area contributed by atoms with Gasteiger partial charge < -0.3 is 10.1 Å². The average molecular weight is 282 g/mol. The summed E-state index contributed by atoms with van der Waals surface area (Å²) in [6.07, 6.45) is 0. The van der Waals surface area contributed by atoms with Crippen LogP contribution in [-0.4, -0.2) is 7.11 Å². The van der Waals surface area contributed by atoms with Gasteiger partial charge in [0.2, 0.25) is 0 Å². The summed E-state index contributed by atoms with van der Waals surface area (Å²) in [4.78, 5) is 0. The number of ether oxygens (including phenoxy) is 1. The molecule has 0 aromatic heterocycles. The minimum absolute atomic E-state index is 0.629. The molecular formula is C14H13Cl2NO. The molecule has 2 rings (SSSR count). The van der Waals surface area contributed by atoms with Crippen molar-refractivity contribution in [1.29, 1.82) is 0 Å². The summed E-state index contributed by atoms with van der Waals surface area (Å²) in [5, 5.41) is 4.68. The van der Waals surface area contributed by atoms with Gasteiger partial charge in [-0.3, -0.25) is 0 Å². The third kappa shape index (κ3) is 3.31. The summed E-state index contributed by atoms with van der Waals surface area (Å²) >= 11 is 11.9. The molecule has 2 aromatic rings. The fourth-order valence-corrected chi connectivity index (χ4v) is 2.07. The maximum Gasteiger partial charge on any atom is 0.123 e. The number of halogens is 2. The molecule has 94 valence electrons. The Labute approximate surface area is 116 Å². The van der Waals surface area contributed by atoms with Crippen LogP contribution in [0.4, 0.5) is 5.69 Å². The maximum absolute atomic E-state index is 5.98. The third-order valence-corrected chi connectivity index (χ3v) is 3.02. The molecule has 1 N–H and O–H groups in total. The number of rotatable bonds is 4. The normalized spacial score (nSPS) is 10.2. The van der Waals surface area contributed by atoms with Crippen molar-refractivity contribution in [2.45, 2.75) is 6.54 Å². The van der Waals surface area contributed by atoms with Crippen molar-refractivity contribution in [2.75, 3.05) is 12.4 Å². The van der Waals surface area contributed by atoms with Crippen LogP contribution >= 0.6 is 23.2 Å². The summed E-state index contributed by atoms with van der Waals surface area (Å²) in [5.74, 6) is 0.814. The van der Waals surface area contributed by atoms with Crippen molar-refractivity contribution in [3.8, 4) is 5.75 Å². The number of anilines is 1. The lowest BCUT2D eigenvalue weighted by Crippen LogP contribution is -2.01. The van der Waals surface area contributed by atoms with Gasteiger partial charge in [0.05, 0.1) is 7.11 Å². The van der Waals surface area contributed by atoms with Crippen LogP contribution in [-0.2, 0) is 6.54 Å². The Morgan fingerprint density at radius 1 is 1.06 bits per heavy atom. The quantitative estimate of drug-likeness (QED) is 0.883. The highest BCUT2D eigenvalue weighted by Gasteiger charge is 2.03. The molecule has 0 saturated carbocycles. The van der Waals surface area contributed by atoms with Gasteiger partial charge in [0.25, 0.3) is 0 Å². The lowest BCUT2D eigenvalue weighted by Gasteiger charge is -2.11. The van der Waals surface area contributed by atoms with Gasteiger partial charge in [-0.1, -0.05) is 29.3 Å². The molecule has 0 amide bonds. The minimum Gasteiger partial charge on any atom is -0.496 e. The first-order valence-electron chi connectivity index (χ1n) is 5.51. The third-order valence-electron chi connectivity index (χ3n) is 2.55. The van der Waals surface area contributed by atoms with Gasteiger partial charge in [-0.15, -0.1) is 0 Å². The fourth-order valence-electron chi connectivity index (χ4n) is 1.68. The zero-order valence-electron chi connectivity index (χ0n) is 9.91. The number of methoxy groups -OCH3 is 1. The van der Waals surface area contributed by atoms with Gasteiger partial charge in [-0.25, -0.2) is 0 Å². The van der Waals surface area contributed by atoms with Gasteiger partial charge in [0.15, 0.2) is 0 Å². The SMILES string of the molecule is COc1ccc(Cl)cc1CNc1cccc(Cl)c1. The van der Waals surface area contributed by atoms with Gasteiger partial charge in [-0.05, 0) is 36.4 Å². The molecule has 0 saturated heterocycles. The van der Waals surface area contributed by atoms with Crippen LogP contribution in [0.5, 0.6) is 5.75 Å². The fraction of sp³-hybridized carbons (Fsp3) is 0.143. The molecule has 2 aromatic carbocycles. The van der Waals surface area contributed by atoms with E-state index in [4.69, 9.17) is 27.9 Å². The van der Waals surface area contributed by atoms with Gasteiger partial charge in [0, 0.05) is 27.8 Å². The number of hydrogen-bond acceptors (Lipinski definition) is 2. The summed E-state index contributed by atoms with van der Waals surface area (Å²) in [7, 11) is 1.64. The summed E-state index contributed by atoms with van der Waals surface area (Å²) < 4.78 is 5.29. The van der Waals surface area contributed by atoms with Crippen LogP contribution < -0.4 is 10.1 Å². The van der Waals surface area contributed by atoms with Crippen LogP contribution in [0.15, 0.2) is 42.5 Å². The molecule has 0 radical (unpaired) electrons. The second-order valence-corrected chi connectivity index (χ2v) is 4.69. The summed E-state index contributed by atoms with van der Waals surface area (Å²) in [6.45, 7) is 0.629. The molecule has 0 fully saturated rings. The average Bonchev–Trinajstić information content (AvgIpc) is 2.37. The van der Waals surface area contributed by atoms with E-state index in [1.165, 1.54) is 0 Å². The first kappa shape index (κ1) is 13.1. The summed E-state index contributed by atoms with van der Waals surface area (Å²) in [5.41, 5.74) is 1.97. The maximum atomic E-state index is 5.98. The zero-order valence-corrected chi connectivity index (χ0v) is 11.4. The smallest absolute Gasteiger partial charge is 0.123 e. The number of benzene rings is 2. The Bertz CT molecular complexity index is 543. The first-order chi connectivity index (χ1) is 8.69. The van der Waals surface area contributed by atoms with Crippen LogP contribution in [0.1, 0.15) is 5.56 Å². The van der Waals surface area contributed by atoms with E-state index in [0.29, 0.717) is 16.6 Å². The predicted molar refractivity (Wildman–Crippen MR) is 76.8 cm³/mol. The molecule has 0 heterocycles. The molecule has 0 atom stereocenters. The van der Waals surface area contributed by atoms with E-state index in [-0.39, 0.29) is 0 Å². The van der Waals surface area contributed by atoms with Crippen molar-refractivity contribution < 1.29 is 4.74 Å². The van der Waals surface area contributed by atoms with Crippen LogP contribution in [0.25, 0.3) is 0 Å². The highest BCUT2D eigenvalue weighted by atomic mass is 35.5. The molecule has 2 nitrogen and oxygen atoms in total. The van der Waals surface area contributed by atoms with Crippen LogP contribution in [0.3, 0.4) is 0 Å². The Balaban J connectivity index is 2.12. The lowest BCUT2D eigenvalue weighted by molar-refractivity contribution is 0.410. The van der Waals surface area contributed by atoms with Crippen molar-refractivity contribution in [3.63, 3.8) is 0 Å². The molecule has 0 aliphatic heterocycles. The van der Waals surface area contributed by atoms with E-state index in [0.717, 1.165) is 17.0 Å². The van der Waals surface area contributed by atoms with Crippen LogP contribution in [0.2, 0.25) is 10.0 Å². The Morgan fingerprint density at radius 3 is 2.56 bits per heavy atom. The monoisotopic (exact) mass is 281 g/mol. The predicted octanol–water partition coefficient (Wildman–Crippen LogP) is 4.61. The lowest BCUT2D eigenvalue weighted by atomic mass is 10.2. The van der Waals surface area contributed by atoms with Gasteiger partial charge in [0.1, 0.15) is 5.75 Å². The van der Waals surface area contributed by atoms with Gasteiger partial charge in [-0.2, -0.15) is 0 Å². The van der Waals surface area contributed by atoms with E-state index in [1.807, 2.05) is 42.5 Å². The zero-order chi connectivity index (χ0) is 13.0. The second kappa shape index (κ2) is 5.98. The highest BCUT2D eigenvalue weighted by molar-refractivity contribution is 6.31. The molecular weight excluding hydrogens is 269 g/mol. The second-order valence-electron chi connectivity index (χ2n) is 3.82.